The SMILES string of the molecule is OC1(OCCCCOC2(O)CCCCC2)CCCCC1. The number of unbranched alkanes of at least 4 members (excludes halogenated alkanes) is 1. The highest BCUT2D eigenvalue weighted by atomic mass is 16.6. The zero-order valence-corrected chi connectivity index (χ0v) is 12.6. The minimum atomic E-state index is -0.874. The molecular formula is C16H30O4. The molecule has 0 amide bonds. The third-order valence-corrected chi connectivity index (χ3v) is 4.55. The van der Waals surface area contributed by atoms with E-state index in [2.05, 4.69) is 0 Å². The van der Waals surface area contributed by atoms with Crippen molar-refractivity contribution in [3.05, 3.63) is 0 Å². The average Bonchev–Trinajstić information content (AvgIpc) is 2.44. The van der Waals surface area contributed by atoms with E-state index in [0.717, 1.165) is 64.2 Å². The molecule has 4 nitrogen and oxygen atoms in total. The molecule has 0 radical (unpaired) electrons. The van der Waals surface area contributed by atoms with Gasteiger partial charge in [-0.3, -0.25) is 0 Å². The van der Waals surface area contributed by atoms with Gasteiger partial charge in [0.1, 0.15) is 0 Å². The lowest BCUT2D eigenvalue weighted by Gasteiger charge is -2.32. The fraction of sp³-hybridized carbons (Fsp3) is 1.00. The van der Waals surface area contributed by atoms with Gasteiger partial charge in [0.2, 0.25) is 0 Å². The molecule has 20 heavy (non-hydrogen) atoms. The highest BCUT2D eigenvalue weighted by Crippen LogP contribution is 2.30. The fourth-order valence-electron chi connectivity index (χ4n) is 3.23. The van der Waals surface area contributed by atoms with E-state index >= 15 is 0 Å². The molecule has 0 atom stereocenters. The van der Waals surface area contributed by atoms with E-state index in [1.807, 2.05) is 0 Å². The molecule has 0 spiro atoms. The number of rotatable bonds is 7. The normalized spacial score (nSPS) is 25.5. The quantitative estimate of drug-likeness (QED) is 0.558. The molecule has 0 bridgehead atoms. The highest BCUT2D eigenvalue weighted by molar-refractivity contribution is 4.73. The van der Waals surface area contributed by atoms with Crippen molar-refractivity contribution in [3.63, 3.8) is 0 Å². The van der Waals surface area contributed by atoms with Crippen LogP contribution in [-0.2, 0) is 9.47 Å². The van der Waals surface area contributed by atoms with Crippen LogP contribution >= 0.6 is 0 Å². The summed E-state index contributed by atoms with van der Waals surface area (Å²) in [6, 6.07) is 0. The minimum Gasteiger partial charge on any atom is -0.365 e. The van der Waals surface area contributed by atoms with Gasteiger partial charge in [-0.15, -0.1) is 0 Å². The lowest BCUT2D eigenvalue weighted by Crippen LogP contribution is -2.35. The lowest BCUT2D eigenvalue weighted by molar-refractivity contribution is -0.228. The monoisotopic (exact) mass is 286 g/mol. The van der Waals surface area contributed by atoms with Crippen LogP contribution in [0.3, 0.4) is 0 Å². The van der Waals surface area contributed by atoms with Crippen molar-refractivity contribution < 1.29 is 19.7 Å². The largest absolute Gasteiger partial charge is 0.365 e. The van der Waals surface area contributed by atoms with Crippen LogP contribution in [-0.4, -0.2) is 35.0 Å². The van der Waals surface area contributed by atoms with Crippen LogP contribution in [0.5, 0.6) is 0 Å². The van der Waals surface area contributed by atoms with Crippen LogP contribution in [0.2, 0.25) is 0 Å². The molecule has 118 valence electrons. The van der Waals surface area contributed by atoms with Crippen molar-refractivity contribution in [1.29, 1.82) is 0 Å². The first kappa shape index (κ1) is 16.2. The first-order valence-electron chi connectivity index (χ1n) is 8.35. The maximum absolute atomic E-state index is 10.2. The fourth-order valence-corrected chi connectivity index (χ4v) is 3.23. The summed E-state index contributed by atoms with van der Waals surface area (Å²) >= 11 is 0. The van der Waals surface area contributed by atoms with Crippen LogP contribution in [0.1, 0.15) is 77.0 Å². The van der Waals surface area contributed by atoms with Crippen molar-refractivity contribution in [2.24, 2.45) is 0 Å². The summed E-state index contributed by atoms with van der Waals surface area (Å²) in [6.45, 7) is 1.16. The summed E-state index contributed by atoms with van der Waals surface area (Å²) in [7, 11) is 0. The molecule has 0 heterocycles. The summed E-state index contributed by atoms with van der Waals surface area (Å²) in [5.41, 5.74) is 0. The average molecular weight is 286 g/mol. The van der Waals surface area contributed by atoms with Gasteiger partial charge in [0.05, 0.1) is 13.2 Å². The van der Waals surface area contributed by atoms with E-state index in [-0.39, 0.29) is 0 Å². The van der Waals surface area contributed by atoms with Gasteiger partial charge in [-0.25, -0.2) is 0 Å². The van der Waals surface area contributed by atoms with Crippen molar-refractivity contribution in [3.8, 4) is 0 Å². The Labute approximate surface area is 122 Å². The number of aliphatic hydroxyl groups is 2. The van der Waals surface area contributed by atoms with Crippen molar-refractivity contribution in [2.45, 2.75) is 88.6 Å². The Morgan fingerprint density at radius 2 is 0.950 bits per heavy atom. The molecule has 4 heteroatoms. The van der Waals surface area contributed by atoms with Crippen molar-refractivity contribution in [1.82, 2.24) is 0 Å². The molecule has 0 aromatic rings. The van der Waals surface area contributed by atoms with Crippen molar-refractivity contribution >= 4 is 0 Å². The first-order chi connectivity index (χ1) is 9.62. The van der Waals surface area contributed by atoms with Gasteiger partial charge >= 0.3 is 0 Å². The highest BCUT2D eigenvalue weighted by Gasteiger charge is 2.30. The Hall–Kier alpha value is -0.160. The van der Waals surface area contributed by atoms with Gasteiger partial charge in [0, 0.05) is 25.7 Å². The molecule has 0 aliphatic heterocycles. The smallest absolute Gasteiger partial charge is 0.165 e. The third kappa shape index (κ3) is 5.32. The predicted molar refractivity (Wildman–Crippen MR) is 77.2 cm³/mol. The van der Waals surface area contributed by atoms with E-state index in [1.165, 1.54) is 12.8 Å². The molecule has 2 aliphatic carbocycles. The van der Waals surface area contributed by atoms with Gasteiger partial charge in [0.15, 0.2) is 11.6 Å². The Morgan fingerprint density at radius 3 is 1.30 bits per heavy atom. The first-order valence-corrected chi connectivity index (χ1v) is 8.35. The van der Waals surface area contributed by atoms with Crippen LogP contribution < -0.4 is 0 Å². The molecule has 0 saturated heterocycles. The summed E-state index contributed by atoms with van der Waals surface area (Å²) in [6.07, 6.45) is 11.5. The minimum absolute atomic E-state index is 0.582. The third-order valence-electron chi connectivity index (χ3n) is 4.55. The second-order valence-electron chi connectivity index (χ2n) is 6.42. The standard InChI is InChI=1S/C16H30O4/c17-15(9-3-1-4-10-15)19-13-7-8-14-20-16(18)11-5-2-6-12-16/h17-18H,1-14H2. The van der Waals surface area contributed by atoms with Gasteiger partial charge in [-0.2, -0.15) is 0 Å². The van der Waals surface area contributed by atoms with Crippen LogP contribution in [0.25, 0.3) is 0 Å². The van der Waals surface area contributed by atoms with Crippen molar-refractivity contribution in [2.75, 3.05) is 13.2 Å². The second kappa shape index (κ2) is 7.74. The van der Waals surface area contributed by atoms with E-state index in [4.69, 9.17) is 9.47 Å². The summed E-state index contributed by atoms with van der Waals surface area (Å²) in [5.74, 6) is -1.75. The Balaban J connectivity index is 1.51. The van der Waals surface area contributed by atoms with Gasteiger partial charge in [-0.05, 0) is 38.5 Å². The Bertz CT molecular complexity index is 240. The topological polar surface area (TPSA) is 58.9 Å². The molecular weight excluding hydrogens is 256 g/mol. The summed E-state index contributed by atoms with van der Waals surface area (Å²) < 4.78 is 11.3. The maximum Gasteiger partial charge on any atom is 0.165 e. The predicted octanol–water partition coefficient (Wildman–Crippen LogP) is 3.11. The Kier molecular flexibility index (Phi) is 6.27. The molecule has 2 aliphatic rings. The zero-order chi connectivity index (χ0) is 14.3. The maximum atomic E-state index is 10.2. The zero-order valence-electron chi connectivity index (χ0n) is 12.6. The van der Waals surface area contributed by atoms with E-state index in [9.17, 15) is 10.2 Å². The lowest BCUT2D eigenvalue weighted by atomic mass is 9.94. The molecule has 2 N–H and O–H groups in total. The van der Waals surface area contributed by atoms with Gasteiger partial charge in [0.25, 0.3) is 0 Å². The molecule has 0 aromatic carbocycles. The molecule has 2 saturated carbocycles. The van der Waals surface area contributed by atoms with Crippen LogP contribution in [0, 0.1) is 0 Å². The number of hydrogen-bond donors (Lipinski definition) is 2. The summed E-state index contributed by atoms with van der Waals surface area (Å²) in [5, 5.41) is 20.4. The van der Waals surface area contributed by atoms with Gasteiger partial charge in [-0.1, -0.05) is 12.8 Å². The summed E-state index contributed by atoms with van der Waals surface area (Å²) in [4.78, 5) is 0. The Morgan fingerprint density at radius 1 is 0.600 bits per heavy atom. The molecule has 2 rings (SSSR count). The molecule has 0 aromatic heterocycles. The molecule has 2 fully saturated rings. The van der Waals surface area contributed by atoms with Gasteiger partial charge < -0.3 is 19.7 Å². The second-order valence-corrected chi connectivity index (χ2v) is 6.42. The van der Waals surface area contributed by atoms with E-state index in [1.54, 1.807) is 0 Å². The molecule has 0 unspecified atom stereocenters. The van der Waals surface area contributed by atoms with Crippen LogP contribution in [0.4, 0.5) is 0 Å². The number of hydrogen-bond acceptors (Lipinski definition) is 4. The van der Waals surface area contributed by atoms with Crippen LogP contribution in [0.15, 0.2) is 0 Å². The van der Waals surface area contributed by atoms with E-state index in [0.29, 0.717) is 13.2 Å². The van der Waals surface area contributed by atoms with E-state index < -0.39 is 11.6 Å². The number of ether oxygens (including phenoxy) is 2.